The molecule has 7 nitrogen and oxygen atoms in total. The van der Waals surface area contributed by atoms with E-state index in [1.807, 2.05) is 0 Å². The van der Waals surface area contributed by atoms with Crippen LogP contribution >= 0.6 is 12.4 Å². The summed E-state index contributed by atoms with van der Waals surface area (Å²) < 4.78 is 31.6. The highest BCUT2D eigenvalue weighted by atomic mass is 35.5. The average molecular weight is 406 g/mol. The second-order valence-corrected chi connectivity index (χ2v) is 8.14. The van der Waals surface area contributed by atoms with Crippen LogP contribution in [-0.2, 0) is 10.0 Å². The van der Waals surface area contributed by atoms with Crippen LogP contribution in [0.15, 0.2) is 23.1 Å². The number of nitrogens with two attached hydrogens (primary N) is 1. The number of ether oxygens (including phenoxy) is 1. The van der Waals surface area contributed by atoms with Crippen molar-refractivity contribution in [2.24, 2.45) is 11.7 Å². The molecule has 0 radical (unpaired) electrons. The van der Waals surface area contributed by atoms with Gasteiger partial charge in [-0.2, -0.15) is 0 Å². The molecule has 1 aliphatic rings. The summed E-state index contributed by atoms with van der Waals surface area (Å²) in [6.07, 6.45) is 5.66. The largest absolute Gasteiger partial charge is 0.495 e. The van der Waals surface area contributed by atoms with Gasteiger partial charge in [0.2, 0.25) is 10.0 Å². The van der Waals surface area contributed by atoms with E-state index in [1.165, 1.54) is 32.7 Å². The van der Waals surface area contributed by atoms with Gasteiger partial charge in [-0.1, -0.05) is 19.3 Å². The number of amides is 1. The van der Waals surface area contributed by atoms with Gasteiger partial charge < -0.3 is 15.8 Å². The third-order valence-electron chi connectivity index (χ3n) is 4.77. The second-order valence-electron chi connectivity index (χ2n) is 6.29. The first-order valence-corrected chi connectivity index (χ1v) is 10.0. The van der Waals surface area contributed by atoms with E-state index in [0.717, 1.165) is 25.7 Å². The van der Waals surface area contributed by atoms with Gasteiger partial charge in [-0.05, 0) is 44.0 Å². The van der Waals surface area contributed by atoms with Crippen molar-refractivity contribution in [2.75, 3.05) is 20.7 Å². The summed E-state index contributed by atoms with van der Waals surface area (Å²) in [6.45, 7) is 0.369. The molecule has 0 saturated heterocycles. The summed E-state index contributed by atoms with van der Waals surface area (Å²) >= 11 is 0. The maximum absolute atomic E-state index is 12.6. The van der Waals surface area contributed by atoms with E-state index in [-0.39, 0.29) is 40.6 Å². The standard InChI is InChI=1S/C17H27N3O4S.ClH/c1-19-25(22,23)16-10-13(8-9-15(16)24-2)17(21)20-14(11-18)12-6-4-3-5-7-12;/h8-10,12,14,19H,3-7,11,18H2,1-2H3,(H,20,21);1H. The maximum atomic E-state index is 12.6. The predicted octanol–water partition coefficient (Wildman–Crippen LogP) is 1.66. The van der Waals surface area contributed by atoms with Crippen LogP contribution in [0.25, 0.3) is 0 Å². The lowest BCUT2D eigenvalue weighted by atomic mass is 9.84. The van der Waals surface area contributed by atoms with E-state index >= 15 is 0 Å². The number of benzene rings is 1. The van der Waals surface area contributed by atoms with Crippen molar-refractivity contribution in [3.63, 3.8) is 0 Å². The zero-order valence-corrected chi connectivity index (χ0v) is 16.8. The van der Waals surface area contributed by atoms with Crippen molar-refractivity contribution in [2.45, 2.75) is 43.0 Å². The van der Waals surface area contributed by atoms with Crippen LogP contribution in [0.5, 0.6) is 5.75 Å². The van der Waals surface area contributed by atoms with Crippen molar-refractivity contribution in [3.05, 3.63) is 23.8 Å². The Balaban J connectivity index is 0.00000338. The second kappa shape index (κ2) is 10.1. The fourth-order valence-electron chi connectivity index (χ4n) is 3.30. The molecule has 1 saturated carbocycles. The Morgan fingerprint density at radius 2 is 1.96 bits per heavy atom. The zero-order chi connectivity index (χ0) is 18.4. The van der Waals surface area contributed by atoms with Crippen molar-refractivity contribution < 1.29 is 17.9 Å². The summed E-state index contributed by atoms with van der Waals surface area (Å²) in [5.74, 6) is 0.242. The van der Waals surface area contributed by atoms with E-state index in [9.17, 15) is 13.2 Å². The molecule has 1 aromatic rings. The topological polar surface area (TPSA) is 111 Å². The van der Waals surface area contributed by atoms with Gasteiger partial charge in [0.05, 0.1) is 7.11 Å². The molecule has 2 rings (SSSR count). The van der Waals surface area contributed by atoms with Crippen molar-refractivity contribution in [1.29, 1.82) is 0 Å². The highest BCUT2D eigenvalue weighted by molar-refractivity contribution is 7.89. The fourth-order valence-corrected chi connectivity index (χ4v) is 4.21. The van der Waals surface area contributed by atoms with Crippen LogP contribution in [0.2, 0.25) is 0 Å². The molecule has 1 aliphatic carbocycles. The molecule has 1 amide bonds. The van der Waals surface area contributed by atoms with Crippen molar-refractivity contribution in [3.8, 4) is 5.75 Å². The number of halogens is 1. The molecular formula is C17H28ClN3O4S. The molecule has 0 heterocycles. The third kappa shape index (κ3) is 5.33. The highest BCUT2D eigenvalue weighted by Crippen LogP contribution is 2.27. The fraction of sp³-hybridized carbons (Fsp3) is 0.588. The van der Waals surface area contributed by atoms with Gasteiger partial charge in [-0.15, -0.1) is 12.4 Å². The van der Waals surface area contributed by atoms with Crippen LogP contribution in [0, 0.1) is 5.92 Å². The molecular weight excluding hydrogens is 378 g/mol. The molecule has 1 aromatic carbocycles. The third-order valence-corrected chi connectivity index (χ3v) is 6.21. The summed E-state index contributed by atoms with van der Waals surface area (Å²) in [5.41, 5.74) is 6.12. The van der Waals surface area contributed by atoms with Crippen molar-refractivity contribution in [1.82, 2.24) is 10.0 Å². The minimum absolute atomic E-state index is 0. The zero-order valence-electron chi connectivity index (χ0n) is 15.2. The maximum Gasteiger partial charge on any atom is 0.251 e. The first-order valence-electron chi connectivity index (χ1n) is 8.55. The molecule has 1 unspecified atom stereocenters. The number of methoxy groups -OCH3 is 1. The highest BCUT2D eigenvalue weighted by Gasteiger charge is 2.25. The molecule has 4 N–H and O–H groups in total. The smallest absolute Gasteiger partial charge is 0.251 e. The Hall–Kier alpha value is -1.35. The minimum Gasteiger partial charge on any atom is -0.495 e. The van der Waals surface area contributed by atoms with Gasteiger partial charge in [-0.25, -0.2) is 13.1 Å². The number of hydrogen-bond donors (Lipinski definition) is 3. The Bertz CT molecular complexity index is 706. The first-order chi connectivity index (χ1) is 11.9. The van der Waals surface area contributed by atoms with E-state index in [4.69, 9.17) is 10.5 Å². The van der Waals surface area contributed by atoms with Gasteiger partial charge in [0, 0.05) is 18.2 Å². The predicted molar refractivity (Wildman–Crippen MR) is 103 cm³/mol. The Kier molecular flexibility index (Phi) is 8.82. The van der Waals surface area contributed by atoms with E-state index in [2.05, 4.69) is 10.0 Å². The number of hydrogen-bond acceptors (Lipinski definition) is 5. The van der Waals surface area contributed by atoms with Crippen LogP contribution in [0.1, 0.15) is 42.5 Å². The van der Waals surface area contributed by atoms with Gasteiger partial charge in [0.25, 0.3) is 5.91 Å². The van der Waals surface area contributed by atoms with Gasteiger partial charge in [0.1, 0.15) is 10.6 Å². The number of rotatable bonds is 7. The molecule has 0 spiro atoms. The molecule has 1 atom stereocenters. The van der Waals surface area contributed by atoms with Gasteiger partial charge in [0.15, 0.2) is 0 Å². The lowest BCUT2D eigenvalue weighted by Gasteiger charge is -2.30. The minimum atomic E-state index is -3.73. The lowest BCUT2D eigenvalue weighted by molar-refractivity contribution is 0.0915. The Morgan fingerprint density at radius 1 is 1.31 bits per heavy atom. The SMILES string of the molecule is CNS(=O)(=O)c1cc(C(=O)NC(CN)C2CCCCC2)ccc1OC.Cl. The Morgan fingerprint density at radius 3 is 2.50 bits per heavy atom. The first kappa shape index (κ1) is 22.7. The molecule has 1 fully saturated rings. The molecule has 26 heavy (non-hydrogen) atoms. The molecule has 148 valence electrons. The van der Waals surface area contributed by atoms with E-state index in [1.54, 1.807) is 6.07 Å². The number of nitrogens with one attached hydrogen (secondary N) is 2. The number of sulfonamides is 1. The quantitative estimate of drug-likeness (QED) is 0.638. The van der Waals surface area contributed by atoms with Gasteiger partial charge in [-0.3, -0.25) is 4.79 Å². The van der Waals surface area contributed by atoms with E-state index < -0.39 is 10.0 Å². The normalized spacial score (nSPS) is 16.4. The summed E-state index contributed by atoms with van der Waals surface area (Å²) in [7, 11) is -1.03. The lowest BCUT2D eigenvalue weighted by Crippen LogP contribution is -2.45. The van der Waals surface area contributed by atoms with Crippen LogP contribution in [-0.4, -0.2) is 41.1 Å². The van der Waals surface area contributed by atoms with Crippen LogP contribution in [0.3, 0.4) is 0 Å². The summed E-state index contributed by atoms with van der Waals surface area (Å²) in [4.78, 5) is 12.5. The van der Waals surface area contributed by atoms with Gasteiger partial charge >= 0.3 is 0 Å². The molecule has 0 bridgehead atoms. The van der Waals surface area contributed by atoms with Crippen molar-refractivity contribution >= 4 is 28.3 Å². The molecule has 9 heteroatoms. The monoisotopic (exact) mass is 405 g/mol. The Labute approximate surface area is 161 Å². The molecule has 0 aromatic heterocycles. The van der Waals surface area contributed by atoms with E-state index in [0.29, 0.717) is 12.5 Å². The molecule has 0 aliphatic heterocycles. The van der Waals surface area contributed by atoms with Crippen LogP contribution in [0.4, 0.5) is 0 Å². The number of carbonyl (C=O) groups is 1. The summed E-state index contributed by atoms with van der Waals surface area (Å²) in [6, 6.07) is 4.27. The average Bonchev–Trinajstić information content (AvgIpc) is 2.66. The summed E-state index contributed by atoms with van der Waals surface area (Å²) in [5, 5.41) is 2.97. The van der Waals surface area contributed by atoms with Crippen LogP contribution < -0.4 is 20.5 Å². The number of carbonyl (C=O) groups excluding carboxylic acids is 1.